The summed E-state index contributed by atoms with van der Waals surface area (Å²) in [5, 5.41) is 3.26. The highest BCUT2D eigenvalue weighted by Gasteiger charge is 2.08. The fraction of sp³-hybridized carbons (Fsp3) is 0.438. The van der Waals surface area contributed by atoms with E-state index in [2.05, 4.69) is 10.3 Å². The van der Waals surface area contributed by atoms with Gasteiger partial charge in [-0.1, -0.05) is 12.1 Å². The van der Waals surface area contributed by atoms with Crippen LogP contribution in [0, 0.1) is 6.92 Å². The van der Waals surface area contributed by atoms with Crippen molar-refractivity contribution in [2.45, 2.75) is 13.3 Å². The maximum atomic E-state index is 5.78. The molecule has 0 radical (unpaired) electrons. The summed E-state index contributed by atoms with van der Waals surface area (Å²) in [6.07, 6.45) is 2.52. The molecule has 2 rings (SSSR count). The lowest BCUT2D eigenvalue weighted by atomic mass is 10.1. The first-order valence-electron chi connectivity index (χ1n) is 7.04. The van der Waals surface area contributed by atoms with Crippen LogP contribution < -0.4 is 10.1 Å². The third-order valence-electron chi connectivity index (χ3n) is 3.24. The normalized spacial score (nSPS) is 10.8. The van der Waals surface area contributed by atoms with Gasteiger partial charge in [0.15, 0.2) is 11.7 Å². The van der Waals surface area contributed by atoms with Gasteiger partial charge in [-0.25, -0.2) is 4.98 Å². The number of hydrogen-bond acceptors (Lipinski definition) is 5. The van der Waals surface area contributed by atoms with E-state index >= 15 is 0 Å². The fourth-order valence-electron chi connectivity index (χ4n) is 2.03. The Bertz CT molecular complexity index is 566. The predicted molar refractivity (Wildman–Crippen MR) is 81.7 cm³/mol. The standard InChI is InChI=1S/C16H22N2O3/c1-12-4-5-13(10-14(12)20-3)15-11-18-16(21-15)6-7-17-8-9-19-2/h4-5,10-11,17H,6-9H2,1-3H3. The second-order valence-electron chi connectivity index (χ2n) is 4.80. The van der Waals surface area contributed by atoms with Gasteiger partial charge in [-0.2, -0.15) is 0 Å². The molecule has 0 saturated heterocycles. The minimum absolute atomic E-state index is 0.708. The second-order valence-corrected chi connectivity index (χ2v) is 4.80. The number of nitrogens with one attached hydrogen (secondary N) is 1. The Morgan fingerprint density at radius 2 is 2.10 bits per heavy atom. The molecule has 0 aliphatic carbocycles. The zero-order chi connectivity index (χ0) is 15.1. The van der Waals surface area contributed by atoms with Crippen LogP contribution in [0.5, 0.6) is 5.75 Å². The number of benzene rings is 1. The quantitative estimate of drug-likeness (QED) is 0.757. The molecule has 2 aromatic rings. The van der Waals surface area contributed by atoms with Gasteiger partial charge in [0.05, 0.1) is 19.9 Å². The molecule has 21 heavy (non-hydrogen) atoms. The topological polar surface area (TPSA) is 56.5 Å². The Morgan fingerprint density at radius 1 is 1.24 bits per heavy atom. The van der Waals surface area contributed by atoms with Gasteiger partial charge in [-0.15, -0.1) is 0 Å². The molecule has 114 valence electrons. The summed E-state index contributed by atoms with van der Waals surface area (Å²) in [4.78, 5) is 4.31. The minimum Gasteiger partial charge on any atom is -0.496 e. The smallest absolute Gasteiger partial charge is 0.196 e. The summed E-state index contributed by atoms with van der Waals surface area (Å²) in [5.41, 5.74) is 2.08. The second kappa shape index (κ2) is 7.81. The molecule has 0 fully saturated rings. The van der Waals surface area contributed by atoms with Crippen LogP contribution in [-0.4, -0.2) is 38.9 Å². The molecule has 0 bridgehead atoms. The molecule has 1 N–H and O–H groups in total. The van der Waals surface area contributed by atoms with E-state index in [-0.39, 0.29) is 0 Å². The highest BCUT2D eigenvalue weighted by molar-refractivity contribution is 5.60. The van der Waals surface area contributed by atoms with Crippen molar-refractivity contribution in [2.24, 2.45) is 0 Å². The van der Waals surface area contributed by atoms with Crippen LogP contribution in [0.1, 0.15) is 11.5 Å². The Labute approximate surface area is 125 Å². The van der Waals surface area contributed by atoms with Gasteiger partial charge in [-0.05, 0) is 18.6 Å². The molecule has 1 heterocycles. The average Bonchev–Trinajstić information content (AvgIpc) is 2.96. The van der Waals surface area contributed by atoms with E-state index in [9.17, 15) is 0 Å². The molecule has 5 heteroatoms. The maximum Gasteiger partial charge on any atom is 0.196 e. The largest absolute Gasteiger partial charge is 0.496 e. The molecule has 5 nitrogen and oxygen atoms in total. The van der Waals surface area contributed by atoms with E-state index in [1.54, 1.807) is 20.4 Å². The van der Waals surface area contributed by atoms with Gasteiger partial charge in [0, 0.05) is 32.2 Å². The van der Waals surface area contributed by atoms with Crippen LogP contribution in [-0.2, 0) is 11.2 Å². The number of hydrogen-bond donors (Lipinski definition) is 1. The van der Waals surface area contributed by atoms with Crippen molar-refractivity contribution in [3.05, 3.63) is 35.9 Å². The van der Waals surface area contributed by atoms with E-state index in [4.69, 9.17) is 13.9 Å². The Balaban J connectivity index is 1.96. The zero-order valence-electron chi connectivity index (χ0n) is 12.8. The Kier molecular flexibility index (Phi) is 5.78. The summed E-state index contributed by atoms with van der Waals surface area (Å²) >= 11 is 0. The van der Waals surface area contributed by atoms with Gasteiger partial charge in [-0.3, -0.25) is 0 Å². The first kappa shape index (κ1) is 15.5. The van der Waals surface area contributed by atoms with Crippen molar-refractivity contribution >= 4 is 0 Å². The van der Waals surface area contributed by atoms with Crippen LogP contribution in [0.2, 0.25) is 0 Å². The lowest BCUT2D eigenvalue weighted by molar-refractivity contribution is 0.199. The monoisotopic (exact) mass is 290 g/mol. The lowest BCUT2D eigenvalue weighted by Crippen LogP contribution is -2.21. The maximum absolute atomic E-state index is 5.78. The van der Waals surface area contributed by atoms with Crippen molar-refractivity contribution in [1.82, 2.24) is 10.3 Å². The molecule has 1 aromatic heterocycles. The summed E-state index contributed by atoms with van der Waals surface area (Å²) in [6.45, 7) is 4.37. The number of aryl methyl sites for hydroxylation is 1. The molecule has 0 aliphatic heterocycles. The number of aromatic nitrogens is 1. The van der Waals surface area contributed by atoms with Crippen molar-refractivity contribution < 1.29 is 13.9 Å². The Morgan fingerprint density at radius 3 is 2.86 bits per heavy atom. The highest BCUT2D eigenvalue weighted by atomic mass is 16.5. The third kappa shape index (κ3) is 4.31. The molecule has 1 aromatic carbocycles. The summed E-state index contributed by atoms with van der Waals surface area (Å²) in [7, 11) is 3.36. The zero-order valence-corrected chi connectivity index (χ0v) is 12.8. The molecule has 0 atom stereocenters. The van der Waals surface area contributed by atoms with E-state index in [0.717, 1.165) is 48.0 Å². The SMILES string of the molecule is COCCNCCc1ncc(-c2ccc(C)c(OC)c2)o1. The van der Waals surface area contributed by atoms with E-state index in [1.807, 2.05) is 25.1 Å². The lowest BCUT2D eigenvalue weighted by Gasteiger charge is -2.05. The first-order valence-corrected chi connectivity index (χ1v) is 7.04. The number of oxazole rings is 1. The minimum atomic E-state index is 0.708. The summed E-state index contributed by atoms with van der Waals surface area (Å²) < 4.78 is 16.1. The number of ether oxygens (including phenoxy) is 2. The number of nitrogens with zero attached hydrogens (tertiary/aromatic N) is 1. The van der Waals surface area contributed by atoms with Crippen molar-refractivity contribution in [1.29, 1.82) is 0 Å². The van der Waals surface area contributed by atoms with Gasteiger partial charge in [0.1, 0.15) is 5.75 Å². The summed E-state index contributed by atoms with van der Waals surface area (Å²) in [6, 6.07) is 6.00. The van der Waals surface area contributed by atoms with Crippen LogP contribution in [0.4, 0.5) is 0 Å². The van der Waals surface area contributed by atoms with Gasteiger partial charge < -0.3 is 19.2 Å². The summed E-state index contributed by atoms with van der Waals surface area (Å²) in [5.74, 6) is 2.35. The molecular weight excluding hydrogens is 268 g/mol. The fourth-order valence-corrected chi connectivity index (χ4v) is 2.03. The van der Waals surface area contributed by atoms with Gasteiger partial charge >= 0.3 is 0 Å². The Hall–Kier alpha value is -1.85. The molecular formula is C16H22N2O3. The predicted octanol–water partition coefficient (Wildman–Crippen LogP) is 2.44. The van der Waals surface area contributed by atoms with E-state index in [1.165, 1.54) is 0 Å². The first-order chi connectivity index (χ1) is 10.2. The number of rotatable bonds is 8. The molecule has 0 amide bonds. The third-order valence-corrected chi connectivity index (χ3v) is 3.24. The molecule has 0 unspecified atom stereocenters. The highest BCUT2D eigenvalue weighted by Crippen LogP contribution is 2.27. The van der Waals surface area contributed by atoms with Crippen molar-refractivity contribution in [3.8, 4) is 17.1 Å². The van der Waals surface area contributed by atoms with E-state index in [0.29, 0.717) is 6.61 Å². The van der Waals surface area contributed by atoms with E-state index < -0.39 is 0 Å². The molecule has 0 aliphatic rings. The van der Waals surface area contributed by atoms with Crippen LogP contribution in [0.25, 0.3) is 11.3 Å². The van der Waals surface area contributed by atoms with Crippen LogP contribution in [0.15, 0.2) is 28.8 Å². The molecule has 0 saturated carbocycles. The van der Waals surface area contributed by atoms with Crippen molar-refractivity contribution in [2.75, 3.05) is 33.9 Å². The number of methoxy groups -OCH3 is 2. The molecule has 0 spiro atoms. The van der Waals surface area contributed by atoms with Crippen LogP contribution in [0.3, 0.4) is 0 Å². The average molecular weight is 290 g/mol. The van der Waals surface area contributed by atoms with Gasteiger partial charge in [0.2, 0.25) is 0 Å². The van der Waals surface area contributed by atoms with Crippen LogP contribution >= 0.6 is 0 Å². The van der Waals surface area contributed by atoms with Crippen molar-refractivity contribution in [3.63, 3.8) is 0 Å². The van der Waals surface area contributed by atoms with Gasteiger partial charge in [0.25, 0.3) is 0 Å².